The standard InChI is InChI=1S/C14H28N2O4S/c1-11(16(3)8-9-21(5,18)19)10-14(2,13(17)20-4)15-12-6-7-12/h11-12,15H,6-10H2,1-5H3. The first-order chi connectivity index (χ1) is 9.57. The van der Waals surface area contributed by atoms with Crippen LogP contribution in [-0.2, 0) is 19.4 Å². The maximum atomic E-state index is 12.1. The number of hydrogen-bond acceptors (Lipinski definition) is 6. The highest BCUT2D eigenvalue weighted by Gasteiger charge is 2.40. The topological polar surface area (TPSA) is 75.7 Å². The predicted octanol–water partition coefficient (Wildman–Crippen LogP) is 0.425. The lowest BCUT2D eigenvalue weighted by molar-refractivity contribution is -0.148. The molecule has 2 atom stereocenters. The molecule has 1 fully saturated rings. The third-order valence-electron chi connectivity index (χ3n) is 4.01. The van der Waals surface area contributed by atoms with Crippen molar-refractivity contribution in [2.45, 2.75) is 50.7 Å². The molecule has 1 rings (SSSR count). The van der Waals surface area contributed by atoms with E-state index in [0.29, 0.717) is 19.0 Å². The molecule has 1 aliphatic rings. The summed E-state index contributed by atoms with van der Waals surface area (Å²) in [5.41, 5.74) is -0.727. The van der Waals surface area contributed by atoms with Gasteiger partial charge in [0.05, 0.1) is 12.9 Å². The van der Waals surface area contributed by atoms with Crippen molar-refractivity contribution in [1.29, 1.82) is 0 Å². The molecule has 0 radical (unpaired) electrons. The molecule has 0 saturated heterocycles. The number of nitrogens with one attached hydrogen (secondary N) is 1. The Kier molecular flexibility index (Phi) is 6.19. The van der Waals surface area contributed by atoms with Crippen LogP contribution in [0.2, 0.25) is 0 Å². The van der Waals surface area contributed by atoms with Gasteiger partial charge in [-0.05, 0) is 40.2 Å². The Morgan fingerprint density at radius 3 is 2.48 bits per heavy atom. The summed E-state index contributed by atoms with van der Waals surface area (Å²) in [4.78, 5) is 14.0. The first kappa shape index (κ1) is 18.4. The number of hydrogen-bond donors (Lipinski definition) is 1. The maximum absolute atomic E-state index is 12.1. The molecule has 124 valence electrons. The van der Waals surface area contributed by atoms with Crippen molar-refractivity contribution in [1.82, 2.24) is 10.2 Å². The maximum Gasteiger partial charge on any atom is 0.325 e. The smallest absolute Gasteiger partial charge is 0.325 e. The molecule has 0 aromatic heterocycles. The first-order valence-corrected chi connectivity index (χ1v) is 9.37. The third-order valence-corrected chi connectivity index (χ3v) is 4.93. The predicted molar refractivity (Wildman–Crippen MR) is 83.0 cm³/mol. The second kappa shape index (κ2) is 7.07. The Labute approximate surface area is 128 Å². The molecule has 0 aliphatic heterocycles. The largest absolute Gasteiger partial charge is 0.468 e. The Bertz CT molecular complexity index is 462. The molecular weight excluding hydrogens is 292 g/mol. The SMILES string of the molecule is COC(=O)C(C)(CC(C)N(C)CCS(C)(=O)=O)NC1CC1. The monoisotopic (exact) mass is 320 g/mol. The second-order valence-electron chi connectivity index (χ2n) is 6.41. The van der Waals surface area contributed by atoms with Gasteiger partial charge in [0, 0.05) is 24.9 Å². The van der Waals surface area contributed by atoms with Crippen LogP contribution >= 0.6 is 0 Å². The molecule has 1 saturated carbocycles. The van der Waals surface area contributed by atoms with Crippen LogP contribution in [0.4, 0.5) is 0 Å². The lowest BCUT2D eigenvalue weighted by Crippen LogP contribution is -2.54. The molecule has 0 aromatic carbocycles. The van der Waals surface area contributed by atoms with Gasteiger partial charge in [-0.1, -0.05) is 0 Å². The molecule has 2 unspecified atom stereocenters. The van der Waals surface area contributed by atoms with Crippen LogP contribution in [0.5, 0.6) is 0 Å². The number of rotatable bonds is 9. The molecule has 7 heteroatoms. The number of carbonyl (C=O) groups excluding carboxylic acids is 1. The Hall–Kier alpha value is -0.660. The third kappa shape index (κ3) is 6.32. The van der Waals surface area contributed by atoms with E-state index in [0.717, 1.165) is 12.8 Å². The molecule has 6 nitrogen and oxygen atoms in total. The van der Waals surface area contributed by atoms with Crippen LogP contribution in [0.15, 0.2) is 0 Å². The first-order valence-electron chi connectivity index (χ1n) is 7.31. The van der Waals surface area contributed by atoms with Crippen LogP contribution in [0, 0.1) is 0 Å². The van der Waals surface area contributed by atoms with Crippen LogP contribution in [0.25, 0.3) is 0 Å². The van der Waals surface area contributed by atoms with Gasteiger partial charge in [0.15, 0.2) is 0 Å². The number of nitrogens with zero attached hydrogens (tertiary/aromatic N) is 1. The van der Waals surface area contributed by atoms with Crippen molar-refractivity contribution in [3.63, 3.8) is 0 Å². The summed E-state index contributed by atoms with van der Waals surface area (Å²) in [6.45, 7) is 4.32. The van der Waals surface area contributed by atoms with Crippen LogP contribution in [0.1, 0.15) is 33.1 Å². The van der Waals surface area contributed by atoms with E-state index in [1.54, 1.807) is 0 Å². The van der Waals surface area contributed by atoms with E-state index in [1.807, 2.05) is 25.8 Å². The van der Waals surface area contributed by atoms with Gasteiger partial charge in [-0.3, -0.25) is 10.1 Å². The fourth-order valence-electron chi connectivity index (χ4n) is 2.38. The van der Waals surface area contributed by atoms with E-state index in [1.165, 1.54) is 13.4 Å². The van der Waals surface area contributed by atoms with E-state index in [2.05, 4.69) is 5.32 Å². The zero-order valence-corrected chi connectivity index (χ0v) is 14.5. The molecule has 0 heterocycles. The van der Waals surface area contributed by atoms with Gasteiger partial charge in [0.25, 0.3) is 0 Å². The average Bonchev–Trinajstić information content (AvgIpc) is 3.17. The lowest BCUT2D eigenvalue weighted by Gasteiger charge is -2.34. The highest BCUT2D eigenvalue weighted by Crippen LogP contribution is 2.26. The minimum absolute atomic E-state index is 0.0714. The number of esters is 1. The second-order valence-corrected chi connectivity index (χ2v) is 8.67. The number of ether oxygens (including phenoxy) is 1. The number of methoxy groups -OCH3 is 1. The molecule has 0 bridgehead atoms. The van der Waals surface area contributed by atoms with E-state index < -0.39 is 15.4 Å². The highest BCUT2D eigenvalue weighted by molar-refractivity contribution is 7.90. The van der Waals surface area contributed by atoms with E-state index in [9.17, 15) is 13.2 Å². The van der Waals surface area contributed by atoms with Crippen molar-refractivity contribution in [3.05, 3.63) is 0 Å². The summed E-state index contributed by atoms with van der Waals surface area (Å²) in [6, 6.07) is 0.463. The molecule has 0 amide bonds. The van der Waals surface area contributed by atoms with Gasteiger partial charge in [0.1, 0.15) is 15.4 Å². The fraction of sp³-hybridized carbons (Fsp3) is 0.929. The summed E-state index contributed by atoms with van der Waals surface area (Å²) in [7, 11) is 0.300. The zero-order chi connectivity index (χ0) is 16.3. The van der Waals surface area contributed by atoms with Gasteiger partial charge in [-0.15, -0.1) is 0 Å². The quantitative estimate of drug-likeness (QED) is 0.621. The van der Waals surface area contributed by atoms with Gasteiger partial charge in [0.2, 0.25) is 0 Å². The summed E-state index contributed by atoms with van der Waals surface area (Å²) < 4.78 is 27.4. The Morgan fingerprint density at radius 2 is 2.05 bits per heavy atom. The van der Waals surface area contributed by atoms with Gasteiger partial charge in [-0.25, -0.2) is 8.42 Å². The van der Waals surface area contributed by atoms with Gasteiger partial charge < -0.3 is 9.64 Å². The van der Waals surface area contributed by atoms with Crippen molar-refractivity contribution in [3.8, 4) is 0 Å². The number of carbonyl (C=O) groups is 1. The molecule has 1 N–H and O–H groups in total. The van der Waals surface area contributed by atoms with Crippen LogP contribution in [-0.4, -0.2) is 69.6 Å². The molecular formula is C14H28N2O4S. The van der Waals surface area contributed by atoms with E-state index in [4.69, 9.17) is 4.74 Å². The Balaban J connectivity index is 2.62. The Morgan fingerprint density at radius 1 is 1.48 bits per heavy atom. The van der Waals surface area contributed by atoms with Gasteiger partial charge in [-0.2, -0.15) is 0 Å². The molecule has 0 spiro atoms. The van der Waals surface area contributed by atoms with Gasteiger partial charge >= 0.3 is 5.97 Å². The normalized spacial score (nSPS) is 20.1. The van der Waals surface area contributed by atoms with Crippen molar-refractivity contribution in [2.24, 2.45) is 0 Å². The summed E-state index contributed by atoms with van der Waals surface area (Å²) in [6.07, 6.45) is 3.99. The summed E-state index contributed by atoms with van der Waals surface area (Å²) >= 11 is 0. The van der Waals surface area contributed by atoms with Crippen LogP contribution < -0.4 is 5.32 Å². The van der Waals surface area contributed by atoms with E-state index in [-0.39, 0.29) is 17.8 Å². The molecule has 21 heavy (non-hydrogen) atoms. The van der Waals surface area contributed by atoms with Crippen LogP contribution in [0.3, 0.4) is 0 Å². The average molecular weight is 320 g/mol. The van der Waals surface area contributed by atoms with E-state index >= 15 is 0 Å². The minimum atomic E-state index is -2.98. The fourth-order valence-corrected chi connectivity index (χ4v) is 3.00. The summed E-state index contributed by atoms with van der Waals surface area (Å²) in [5, 5.41) is 3.36. The zero-order valence-electron chi connectivity index (χ0n) is 13.7. The number of sulfone groups is 1. The minimum Gasteiger partial charge on any atom is -0.468 e. The van der Waals surface area contributed by atoms with Crippen molar-refractivity contribution in [2.75, 3.05) is 32.7 Å². The van der Waals surface area contributed by atoms with Crippen molar-refractivity contribution >= 4 is 15.8 Å². The molecule has 0 aromatic rings. The molecule has 1 aliphatic carbocycles. The van der Waals surface area contributed by atoms with Crippen molar-refractivity contribution < 1.29 is 17.9 Å². The highest BCUT2D eigenvalue weighted by atomic mass is 32.2. The summed E-state index contributed by atoms with van der Waals surface area (Å²) in [5.74, 6) is -0.142. The lowest BCUT2D eigenvalue weighted by atomic mass is 9.92.